The SMILES string of the molecule is CCc1c(-c2ccc(O)cn2)noc1CC(F)(F)C(=O)Nc1cn(CC)cc1C(=O)O.[KH]. The molecule has 0 aliphatic heterocycles. The van der Waals surface area contributed by atoms with Gasteiger partial charge in [-0.3, -0.25) is 9.78 Å². The average molecular weight is 475 g/mol. The molecular weight excluding hydrogens is 453 g/mol. The number of rotatable bonds is 8. The Morgan fingerprint density at radius 1 is 1.25 bits per heavy atom. The van der Waals surface area contributed by atoms with Crippen molar-refractivity contribution in [3.63, 3.8) is 0 Å². The zero-order valence-corrected chi connectivity index (χ0v) is 16.7. The van der Waals surface area contributed by atoms with Crippen LogP contribution in [0.2, 0.25) is 0 Å². The zero-order chi connectivity index (χ0) is 22.8. The van der Waals surface area contributed by atoms with E-state index in [0.717, 1.165) is 0 Å². The third-order valence-electron chi connectivity index (χ3n) is 4.65. The number of aromatic nitrogens is 3. The summed E-state index contributed by atoms with van der Waals surface area (Å²) in [5.74, 6) is -7.15. The van der Waals surface area contributed by atoms with Crippen LogP contribution in [0.25, 0.3) is 11.4 Å². The average Bonchev–Trinajstić information content (AvgIpc) is 3.32. The van der Waals surface area contributed by atoms with Crippen molar-refractivity contribution in [1.29, 1.82) is 0 Å². The first kappa shape index (κ1) is 26.1. The minimum atomic E-state index is -3.90. The molecule has 1 amide bonds. The molecule has 0 saturated heterocycles. The molecule has 3 rings (SSSR count). The molecule has 0 fully saturated rings. The van der Waals surface area contributed by atoms with E-state index in [-0.39, 0.29) is 86.3 Å². The Kier molecular flexibility index (Phi) is 8.71. The van der Waals surface area contributed by atoms with Crippen molar-refractivity contribution in [1.82, 2.24) is 14.7 Å². The summed E-state index contributed by atoms with van der Waals surface area (Å²) in [4.78, 5) is 27.6. The molecule has 9 nitrogen and oxygen atoms in total. The van der Waals surface area contributed by atoms with Crippen molar-refractivity contribution in [2.45, 2.75) is 39.2 Å². The van der Waals surface area contributed by atoms with E-state index in [1.54, 1.807) is 13.8 Å². The first-order valence-corrected chi connectivity index (χ1v) is 9.41. The molecule has 3 aromatic heterocycles. The van der Waals surface area contributed by atoms with E-state index in [4.69, 9.17) is 4.52 Å². The molecule has 0 bridgehead atoms. The summed E-state index contributed by atoms with van der Waals surface area (Å²) in [7, 11) is 0. The van der Waals surface area contributed by atoms with Crippen LogP contribution in [0, 0.1) is 0 Å². The maximum atomic E-state index is 14.7. The number of anilines is 1. The molecule has 32 heavy (non-hydrogen) atoms. The van der Waals surface area contributed by atoms with Crippen molar-refractivity contribution in [3.05, 3.63) is 47.6 Å². The molecule has 3 N–H and O–H groups in total. The number of aromatic carboxylic acids is 1. The second-order valence-electron chi connectivity index (χ2n) is 6.74. The number of nitrogens with one attached hydrogen (secondary N) is 1. The fourth-order valence-electron chi connectivity index (χ4n) is 3.03. The Labute approximate surface area is 224 Å². The zero-order valence-electron chi connectivity index (χ0n) is 16.7. The third-order valence-corrected chi connectivity index (χ3v) is 4.65. The molecule has 0 atom stereocenters. The van der Waals surface area contributed by atoms with Crippen molar-refractivity contribution in [2.75, 3.05) is 5.32 Å². The number of pyridine rings is 1. The third kappa shape index (κ3) is 5.62. The molecule has 3 aromatic rings. The molecule has 0 aliphatic carbocycles. The summed E-state index contributed by atoms with van der Waals surface area (Å²) in [6, 6.07) is 2.84. The summed E-state index contributed by atoms with van der Waals surface area (Å²) in [6.45, 7) is 3.85. The summed E-state index contributed by atoms with van der Waals surface area (Å²) in [5.41, 5.74) is 0.405. The number of aromatic hydroxyl groups is 1. The van der Waals surface area contributed by atoms with Crippen LogP contribution in [-0.2, 0) is 24.2 Å². The summed E-state index contributed by atoms with van der Waals surface area (Å²) in [5, 5.41) is 24.4. The van der Waals surface area contributed by atoms with E-state index in [0.29, 0.717) is 17.8 Å². The van der Waals surface area contributed by atoms with Gasteiger partial charge in [-0.15, -0.1) is 0 Å². The van der Waals surface area contributed by atoms with E-state index in [1.165, 1.54) is 35.3 Å². The van der Waals surface area contributed by atoms with Crippen molar-refractivity contribution in [2.24, 2.45) is 0 Å². The molecule has 166 valence electrons. The number of carboxylic acid groups (broad SMARTS) is 1. The fraction of sp³-hybridized carbons (Fsp3) is 0.300. The Hall–Kier alpha value is -2.12. The van der Waals surface area contributed by atoms with E-state index in [1.807, 2.05) is 5.32 Å². The van der Waals surface area contributed by atoms with Crippen LogP contribution >= 0.6 is 0 Å². The summed E-state index contributed by atoms with van der Waals surface area (Å²) in [6.07, 6.45) is 2.94. The van der Waals surface area contributed by atoms with E-state index in [2.05, 4.69) is 10.1 Å². The van der Waals surface area contributed by atoms with Gasteiger partial charge in [-0.1, -0.05) is 12.1 Å². The van der Waals surface area contributed by atoms with Crippen molar-refractivity contribution in [3.8, 4) is 17.1 Å². The van der Waals surface area contributed by atoms with Crippen LogP contribution in [0.4, 0.5) is 14.5 Å². The van der Waals surface area contributed by atoms with Gasteiger partial charge in [0.05, 0.1) is 24.0 Å². The van der Waals surface area contributed by atoms with Gasteiger partial charge in [0.25, 0.3) is 5.91 Å². The van der Waals surface area contributed by atoms with Gasteiger partial charge in [-0.25, -0.2) is 4.79 Å². The quantitative estimate of drug-likeness (QED) is 0.428. The number of aryl methyl sites for hydroxylation is 1. The standard InChI is InChI=1S/C20H20F2N4O5.K.H/c1-3-12-16(31-25-17(12)14-6-5-11(27)8-23-14)7-20(21,22)19(30)24-15-10-26(4-2)9-13(15)18(28)29;;/h5-6,8-10,27H,3-4,7H2,1-2H3,(H,24,30)(H,28,29);;. The normalized spacial score (nSPS) is 11.1. The van der Waals surface area contributed by atoms with E-state index >= 15 is 0 Å². The number of carbonyl (C=O) groups excluding carboxylic acids is 1. The Balaban J connectivity index is 0.00000363. The van der Waals surface area contributed by atoms with Gasteiger partial charge in [-0.2, -0.15) is 8.78 Å². The van der Waals surface area contributed by atoms with Crippen LogP contribution in [0.15, 0.2) is 35.2 Å². The minimum absolute atomic E-state index is 0. The molecule has 0 radical (unpaired) electrons. The van der Waals surface area contributed by atoms with Crippen LogP contribution in [0.1, 0.15) is 35.5 Å². The molecule has 0 aliphatic rings. The molecule has 12 heteroatoms. The molecule has 0 unspecified atom stereocenters. The first-order valence-electron chi connectivity index (χ1n) is 9.41. The van der Waals surface area contributed by atoms with E-state index in [9.17, 15) is 28.6 Å². The van der Waals surface area contributed by atoms with Gasteiger partial charge in [0.2, 0.25) is 0 Å². The monoisotopic (exact) mass is 474 g/mol. The van der Waals surface area contributed by atoms with Gasteiger partial charge in [0, 0.05) is 24.5 Å². The molecule has 0 spiro atoms. The van der Waals surface area contributed by atoms with Crippen LogP contribution in [-0.4, -0.2) is 94.1 Å². The fourth-order valence-corrected chi connectivity index (χ4v) is 3.03. The predicted octanol–water partition coefficient (Wildman–Crippen LogP) is 2.69. The second kappa shape index (κ2) is 10.7. The topological polar surface area (TPSA) is 130 Å². The molecule has 3 heterocycles. The Bertz CT molecular complexity index is 1110. The molecular formula is C20H21F2KN4O5. The second-order valence-corrected chi connectivity index (χ2v) is 6.74. The van der Waals surface area contributed by atoms with Crippen LogP contribution in [0.3, 0.4) is 0 Å². The number of alkyl halides is 2. The van der Waals surface area contributed by atoms with Gasteiger partial charge >= 0.3 is 63.3 Å². The Morgan fingerprint density at radius 3 is 2.53 bits per heavy atom. The van der Waals surface area contributed by atoms with Gasteiger partial charge < -0.3 is 24.6 Å². The van der Waals surface area contributed by atoms with Gasteiger partial charge in [-0.05, 0) is 25.5 Å². The summed E-state index contributed by atoms with van der Waals surface area (Å²) < 4.78 is 35.9. The molecule has 0 saturated carbocycles. The summed E-state index contributed by atoms with van der Waals surface area (Å²) >= 11 is 0. The number of nitrogens with zero attached hydrogens (tertiary/aromatic N) is 3. The van der Waals surface area contributed by atoms with Crippen LogP contribution < -0.4 is 5.32 Å². The number of carbonyl (C=O) groups is 2. The predicted molar refractivity (Wildman–Crippen MR) is 112 cm³/mol. The first-order chi connectivity index (χ1) is 14.7. The number of hydrogen-bond donors (Lipinski definition) is 3. The number of halogens is 2. The number of hydrogen-bond acceptors (Lipinski definition) is 6. The van der Waals surface area contributed by atoms with Crippen molar-refractivity contribution >= 4 is 68.9 Å². The van der Waals surface area contributed by atoms with Crippen molar-refractivity contribution < 1.29 is 33.1 Å². The van der Waals surface area contributed by atoms with Gasteiger partial charge in [0.15, 0.2) is 0 Å². The number of carboxylic acids is 1. The number of amides is 1. The Morgan fingerprint density at radius 2 is 1.97 bits per heavy atom. The van der Waals surface area contributed by atoms with Crippen LogP contribution in [0.5, 0.6) is 5.75 Å². The molecule has 0 aromatic carbocycles. The van der Waals surface area contributed by atoms with Gasteiger partial charge in [0.1, 0.15) is 22.8 Å². The van der Waals surface area contributed by atoms with E-state index < -0.39 is 24.2 Å². The maximum absolute atomic E-state index is 14.7.